The lowest BCUT2D eigenvalue weighted by Crippen LogP contribution is -2.56. The second kappa shape index (κ2) is 7.12. The van der Waals surface area contributed by atoms with Gasteiger partial charge in [0.25, 0.3) is 10.1 Å². The van der Waals surface area contributed by atoms with E-state index in [4.69, 9.17) is 4.18 Å². The first kappa shape index (κ1) is 17.9. The van der Waals surface area contributed by atoms with Gasteiger partial charge in [-0.2, -0.15) is 8.42 Å². The maximum Gasteiger partial charge on any atom is 0.297 e. The van der Waals surface area contributed by atoms with Crippen LogP contribution in [0.4, 0.5) is 0 Å². The van der Waals surface area contributed by atoms with Crippen molar-refractivity contribution in [1.82, 2.24) is 9.80 Å². The number of aryl methyl sites for hydroxylation is 1. The third-order valence-electron chi connectivity index (χ3n) is 5.24. The summed E-state index contributed by atoms with van der Waals surface area (Å²) in [6.45, 7) is 10.7. The van der Waals surface area contributed by atoms with E-state index >= 15 is 0 Å². The maximum atomic E-state index is 12.3. The fraction of sp³-hybridized carbons (Fsp3) is 0.667. The molecule has 5 nitrogen and oxygen atoms in total. The zero-order valence-corrected chi connectivity index (χ0v) is 15.6. The van der Waals surface area contributed by atoms with Crippen molar-refractivity contribution < 1.29 is 12.6 Å². The van der Waals surface area contributed by atoms with Crippen LogP contribution in [0.15, 0.2) is 29.2 Å². The summed E-state index contributed by atoms with van der Waals surface area (Å²) in [6.07, 6.45) is 1.45. The van der Waals surface area contributed by atoms with Crippen LogP contribution in [0.1, 0.15) is 32.3 Å². The lowest BCUT2D eigenvalue weighted by molar-refractivity contribution is -0.00754. The quantitative estimate of drug-likeness (QED) is 0.761. The van der Waals surface area contributed by atoms with Crippen LogP contribution in [0, 0.1) is 6.92 Å². The molecule has 2 fully saturated rings. The maximum absolute atomic E-state index is 12.3. The first-order chi connectivity index (χ1) is 11.3. The van der Waals surface area contributed by atoms with E-state index in [1.165, 1.54) is 0 Å². The lowest BCUT2D eigenvalue weighted by Gasteiger charge is -2.46. The Labute approximate surface area is 145 Å². The van der Waals surface area contributed by atoms with E-state index in [9.17, 15) is 8.42 Å². The third kappa shape index (κ3) is 3.99. The molecule has 1 aromatic carbocycles. The van der Waals surface area contributed by atoms with E-state index in [2.05, 4.69) is 23.6 Å². The zero-order chi connectivity index (χ0) is 17.3. The van der Waals surface area contributed by atoms with Gasteiger partial charge >= 0.3 is 0 Å². The van der Waals surface area contributed by atoms with Crippen LogP contribution in [-0.4, -0.2) is 62.6 Å². The van der Waals surface area contributed by atoms with Crippen LogP contribution in [0.3, 0.4) is 0 Å². The molecule has 1 aromatic rings. The largest absolute Gasteiger partial charge is 0.298 e. The Morgan fingerprint density at radius 1 is 1.04 bits per heavy atom. The molecule has 0 spiro atoms. The Hall–Kier alpha value is -0.950. The molecule has 0 radical (unpaired) electrons. The summed E-state index contributed by atoms with van der Waals surface area (Å²) in [5.41, 5.74) is 1.04. The fourth-order valence-electron chi connectivity index (χ4n) is 3.47. The Balaban J connectivity index is 1.48. The topological polar surface area (TPSA) is 49.9 Å². The molecule has 24 heavy (non-hydrogen) atoms. The average molecular weight is 353 g/mol. The average Bonchev–Trinajstić information content (AvgIpc) is 2.51. The van der Waals surface area contributed by atoms with Gasteiger partial charge < -0.3 is 0 Å². The molecule has 0 amide bonds. The second-order valence-electron chi connectivity index (χ2n) is 7.28. The van der Waals surface area contributed by atoms with Crippen molar-refractivity contribution in [3.8, 4) is 0 Å². The van der Waals surface area contributed by atoms with Gasteiger partial charge in [-0.05, 0) is 45.7 Å². The number of nitrogens with zero attached hydrogens (tertiary/aromatic N) is 2. The lowest BCUT2D eigenvalue weighted by atomic mass is 9.87. The summed E-state index contributed by atoms with van der Waals surface area (Å²) >= 11 is 0. The number of rotatable bonds is 5. The molecule has 1 saturated carbocycles. The van der Waals surface area contributed by atoms with E-state index in [-0.39, 0.29) is 11.0 Å². The van der Waals surface area contributed by atoms with Gasteiger partial charge in [0, 0.05) is 38.3 Å². The first-order valence-corrected chi connectivity index (χ1v) is 10.2. The SMILES string of the molecule is Cc1ccc(S(=O)(=O)OC2CC(N3CCN(C(C)C)CC3)C2)cc1. The van der Waals surface area contributed by atoms with Crippen molar-refractivity contribution in [3.05, 3.63) is 29.8 Å². The first-order valence-electron chi connectivity index (χ1n) is 8.83. The summed E-state index contributed by atoms with van der Waals surface area (Å²) in [4.78, 5) is 5.23. The molecule has 0 atom stereocenters. The molecular formula is C18H28N2O3S. The molecule has 3 rings (SSSR count). The van der Waals surface area contributed by atoms with Crippen LogP contribution in [0.2, 0.25) is 0 Å². The van der Waals surface area contributed by atoms with Gasteiger partial charge in [-0.3, -0.25) is 14.0 Å². The second-order valence-corrected chi connectivity index (χ2v) is 8.85. The van der Waals surface area contributed by atoms with Gasteiger partial charge in [0.1, 0.15) is 0 Å². The van der Waals surface area contributed by atoms with E-state index in [1.54, 1.807) is 24.3 Å². The van der Waals surface area contributed by atoms with Crippen molar-refractivity contribution in [3.63, 3.8) is 0 Å². The van der Waals surface area contributed by atoms with Crippen molar-refractivity contribution in [2.24, 2.45) is 0 Å². The third-order valence-corrected chi connectivity index (χ3v) is 6.61. The van der Waals surface area contributed by atoms with Crippen molar-refractivity contribution in [2.75, 3.05) is 26.2 Å². The molecule has 1 heterocycles. The summed E-state index contributed by atoms with van der Waals surface area (Å²) in [5.74, 6) is 0. The van der Waals surface area contributed by atoms with Crippen molar-refractivity contribution in [1.29, 1.82) is 0 Å². The molecule has 2 aliphatic rings. The molecule has 6 heteroatoms. The summed E-state index contributed by atoms with van der Waals surface area (Å²) in [6, 6.07) is 7.90. The molecule has 134 valence electrons. The Morgan fingerprint density at radius 2 is 1.62 bits per heavy atom. The zero-order valence-electron chi connectivity index (χ0n) is 14.8. The highest BCUT2D eigenvalue weighted by atomic mass is 32.2. The molecule has 0 bridgehead atoms. The summed E-state index contributed by atoms with van der Waals surface area (Å²) in [5, 5.41) is 0. The minimum absolute atomic E-state index is 0.176. The van der Waals surface area contributed by atoms with Crippen molar-refractivity contribution >= 4 is 10.1 Å². The Bertz CT molecular complexity index is 643. The van der Waals surface area contributed by atoms with Gasteiger partial charge in [0.2, 0.25) is 0 Å². The molecule has 1 aliphatic heterocycles. The highest BCUT2D eigenvalue weighted by Crippen LogP contribution is 2.31. The molecule has 1 aliphatic carbocycles. The minimum atomic E-state index is -3.64. The van der Waals surface area contributed by atoms with Crippen LogP contribution in [0.25, 0.3) is 0 Å². The van der Waals surface area contributed by atoms with E-state index in [1.807, 2.05) is 6.92 Å². The molecule has 0 N–H and O–H groups in total. The summed E-state index contributed by atoms with van der Waals surface area (Å²) < 4.78 is 30.0. The van der Waals surface area contributed by atoms with Crippen LogP contribution >= 0.6 is 0 Å². The number of benzene rings is 1. The van der Waals surface area contributed by atoms with Crippen LogP contribution < -0.4 is 0 Å². The van der Waals surface area contributed by atoms with Crippen LogP contribution in [-0.2, 0) is 14.3 Å². The van der Waals surface area contributed by atoms with Gasteiger partial charge in [-0.1, -0.05) is 17.7 Å². The highest BCUT2D eigenvalue weighted by molar-refractivity contribution is 7.86. The molecule has 0 aromatic heterocycles. The number of piperazine rings is 1. The summed E-state index contributed by atoms with van der Waals surface area (Å²) in [7, 11) is -3.64. The van der Waals surface area contributed by atoms with E-state index < -0.39 is 10.1 Å². The monoisotopic (exact) mass is 352 g/mol. The van der Waals surface area contributed by atoms with E-state index in [0.29, 0.717) is 12.1 Å². The smallest absolute Gasteiger partial charge is 0.297 e. The molecular weight excluding hydrogens is 324 g/mol. The fourth-order valence-corrected chi connectivity index (χ4v) is 4.57. The number of hydrogen-bond acceptors (Lipinski definition) is 5. The highest BCUT2D eigenvalue weighted by Gasteiger charge is 2.38. The van der Waals surface area contributed by atoms with Gasteiger partial charge in [-0.25, -0.2) is 0 Å². The minimum Gasteiger partial charge on any atom is -0.298 e. The van der Waals surface area contributed by atoms with E-state index in [0.717, 1.165) is 44.6 Å². The predicted molar refractivity (Wildman–Crippen MR) is 94.5 cm³/mol. The molecule has 1 saturated heterocycles. The van der Waals surface area contributed by atoms with Gasteiger partial charge in [0.15, 0.2) is 0 Å². The predicted octanol–water partition coefficient (Wildman–Crippen LogP) is 2.26. The van der Waals surface area contributed by atoms with Crippen LogP contribution in [0.5, 0.6) is 0 Å². The van der Waals surface area contributed by atoms with Gasteiger partial charge in [0.05, 0.1) is 11.0 Å². The normalized spacial score (nSPS) is 26.5. The Morgan fingerprint density at radius 3 is 2.17 bits per heavy atom. The Kier molecular flexibility index (Phi) is 5.30. The number of hydrogen-bond donors (Lipinski definition) is 0. The standard InChI is InChI=1S/C18H28N2O3S/c1-14(2)19-8-10-20(11-9-19)16-12-17(13-16)23-24(21,22)18-6-4-15(3)5-7-18/h4-7,14,16-17H,8-13H2,1-3H3. The molecule has 0 unspecified atom stereocenters. The van der Waals surface area contributed by atoms with Crippen molar-refractivity contribution in [2.45, 2.75) is 56.7 Å². The van der Waals surface area contributed by atoms with Gasteiger partial charge in [-0.15, -0.1) is 0 Å².